The Morgan fingerprint density at radius 3 is 2.41 bits per heavy atom. The second kappa shape index (κ2) is 7.88. The highest BCUT2D eigenvalue weighted by Crippen LogP contribution is 2.30. The van der Waals surface area contributed by atoms with Crippen molar-refractivity contribution in [3.63, 3.8) is 0 Å². The van der Waals surface area contributed by atoms with Crippen LogP contribution in [0.2, 0.25) is 5.02 Å². The molecule has 1 heterocycles. The first-order chi connectivity index (χ1) is 12.8. The number of nitrogens with one attached hydrogen (secondary N) is 1. The minimum absolute atomic E-state index is 0.0831. The largest absolute Gasteiger partial charge is 0.371 e. The number of amides is 1. The summed E-state index contributed by atoms with van der Waals surface area (Å²) in [6.07, 6.45) is 2.09. The maximum absolute atomic E-state index is 13.0. The lowest BCUT2D eigenvalue weighted by Crippen LogP contribution is -2.25. The zero-order valence-corrected chi connectivity index (χ0v) is 16.8. The van der Waals surface area contributed by atoms with Crippen LogP contribution in [-0.4, -0.2) is 45.8 Å². The summed E-state index contributed by atoms with van der Waals surface area (Å²) in [4.78, 5) is 15.2. The van der Waals surface area contributed by atoms with E-state index in [-0.39, 0.29) is 10.8 Å². The number of rotatable bonds is 5. The lowest BCUT2D eigenvalue weighted by atomic mass is 10.1. The first-order valence-corrected chi connectivity index (χ1v) is 10.5. The van der Waals surface area contributed by atoms with E-state index in [2.05, 4.69) is 10.2 Å². The maximum atomic E-state index is 13.0. The molecule has 2 aromatic carbocycles. The molecule has 0 aliphatic carbocycles. The molecule has 144 valence electrons. The SMILES string of the molecule is CN(C)S(=O)(=O)c1ccc(N2CCCC2)c(C(=O)Nc2ccccc2Cl)c1. The van der Waals surface area contributed by atoms with Gasteiger partial charge in [0.15, 0.2) is 0 Å². The molecule has 1 amide bonds. The molecule has 0 spiro atoms. The summed E-state index contributed by atoms with van der Waals surface area (Å²) in [5, 5.41) is 3.21. The number of sulfonamides is 1. The van der Waals surface area contributed by atoms with Crippen LogP contribution in [0.3, 0.4) is 0 Å². The van der Waals surface area contributed by atoms with Crippen LogP contribution in [-0.2, 0) is 10.0 Å². The highest BCUT2D eigenvalue weighted by Gasteiger charge is 2.24. The summed E-state index contributed by atoms with van der Waals surface area (Å²) in [5.74, 6) is -0.388. The number of para-hydroxylation sites is 1. The zero-order valence-electron chi connectivity index (χ0n) is 15.3. The average molecular weight is 408 g/mol. The van der Waals surface area contributed by atoms with Crippen molar-refractivity contribution in [1.82, 2.24) is 4.31 Å². The molecule has 2 aromatic rings. The van der Waals surface area contributed by atoms with Gasteiger partial charge in [0.05, 0.1) is 21.2 Å². The summed E-state index contributed by atoms with van der Waals surface area (Å²) in [7, 11) is -0.715. The van der Waals surface area contributed by atoms with Gasteiger partial charge in [-0.05, 0) is 43.2 Å². The number of anilines is 2. The fourth-order valence-corrected chi connectivity index (χ4v) is 4.17. The number of hydrogen-bond donors (Lipinski definition) is 1. The first kappa shape index (κ1) is 19.7. The van der Waals surface area contributed by atoms with Gasteiger partial charge in [-0.2, -0.15) is 0 Å². The van der Waals surface area contributed by atoms with Crippen LogP contribution in [0.4, 0.5) is 11.4 Å². The molecule has 0 bridgehead atoms. The summed E-state index contributed by atoms with van der Waals surface area (Å²) in [5.41, 5.74) is 1.53. The highest BCUT2D eigenvalue weighted by molar-refractivity contribution is 7.89. The van der Waals surface area contributed by atoms with Crippen molar-refractivity contribution in [1.29, 1.82) is 0 Å². The highest BCUT2D eigenvalue weighted by atomic mass is 35.5. The van der Waals surface area contributed by atoms with Gasteiger partial charge in [0.1, 0.15) is 0 Å². The van der Waals surface area contributed by atoms with Gasteiger partial charge in [0.2, 0.25) is 10.0 Å². The predicted molar refractivity (Wildman–Crippen MR) is 108 cm³/mol. The Kier molecular flexibility index (Phi) is 5.74. The van der Waals surface area contributed by atoms with Gasteiger partial charge in [0, 0.05) is 32.9 Å². The zero-order chi connectivity index (χ0) is 19.6. The van der Waals surface area contributed by atoms with E-state index >= 15 is 0 Å². The van der Waals surface area contributed by atoms with Crippen molar-refractivity contribution in [3.8, 4) is 0 Å². The quantitative estimate of drug-likeness (QED) is 0.824. The Bertz CT molecular complexity index is 954. The van der Waals surface area contributed by atoms with E-state index in [9.17, 15) is 13.2 Å². The monoisotopic (exact) mass is 407 g/mol. The number of hydrogen-bond acceptors (Lipinski definition) is 4. The van der Waals surface area contributed by atoms with Crippen LogP contribution in [0.25, 0.3) is 0 Å². The van der Waals surface area contributed by atoms with E-state index in [4.69, 9.17) is 11.6 Å². The van der Waals surface area contributed by atoms with Crippen LogP contribution >= 0.6 is 11.6 Å². The van der Waals surface area contributed by atoms with E-state index in [1.165, 1.54) is 20.2 Å². The molecular weight excluding hydrogens is 386 g/mol. The Morgan fingerprint density at radius 2 is 1.78 bits per heavy atom. The van der Waals surface area contributed by atoms with Gasteiger partial charge in [-0.15, -0.1) is 0 Å². The second-order valence-corrected chi connectivity index (χ2v) is 9.15. The summed E-state index contributed by atoms with van der Waals surface area (Å²) >= 11 is 6.14. The minimum atomic E-state index is -3.65. The molecule has 1 saturated heterocycles. The third-order valence-electron chi connectivity index (χ3n) is 4.56. The molecule has 6 nitrogen and oxygen atoms in total. The van der Waals surface area contributed by atoms with E-state index < -0.39 is 10.0 Å². The molecule has 0 atom stereocenters. The van der Waals surface area contributed by atoms with Crippen molar-refractivity contribution < 1.29 is 13.2 Å². The molecule has 3 rings (SSSR count). The van der Waals surface area contributed by atoms with Crippen molar-refractivity contribution >= 4 is 38.9 Å². The Morgan fingerprint density at radius 1 is 1.11 bits per heavy atom. The maximum Gasteiger partial charge on any atom is 0.257 e. The third kappa shape index (κ3) is 4.10. The van der Waals surface area contributed by atoms with Crippen molar-refractivity contribution in [2.75, 3.05) is 37.4 Å². The fourth-order valence-electron chi connectivity index (χ4n) is 3.05. The number of nitrogens with zero attached hydrogens (tertiary/aromatic N) is 2. The van der Waals surface area contributed by atoms with Crippen LogP contribution in [0.1, 0.15) is 23.2 Å². The molecule has 27 heavy (non-hydrogen) atoms. The molecule has 1 aliphatic rings. The smallest absolute Gasteiger partial charge is 0.257 e. The summed E-state index contributed by atoms with van der Waals surface area (Å²) in [6.45, 7) is 1.68. The summed E-state index contributed by atoms with van der Waals surface area (Å²) < 4.78 is 26.2. The lowest BCUT2D eigenvalue weighted by molar-refractivity contribution is 0.102. The van der Waals surface area contributed by atoms with Gasteiger partial charge >= 0.3 is 0 Å². The van der Waals surface area contributed by atoms with E-state index in [1.807, 2.05) is 0 Å². The molecule has 0 radical (unpaired) electrons. The van der Waals surface area contributed by atoms with Crippen LogP contribution in [0, 0.1) is 0 Å². The van der Waals surface area contributed by atoms with E-state index in [1.54, 1.807) is 36.4 Å². The third-order valence-corrected chi connectivity index (χ3v) is 6.70. The molecule has 0 unspecified atom stereocenters. The molecule has 0 saturated carbocycles. The molecule has 0 aromatic heterocycles. The second-order valence-electron chi connectivity index (χ2n) is 6.59. The fraction of sp³-hybridized carbons (Fsp3) is 0.316. The van der Waals surface area contributed by atoms with Gasteiger partial charge in [0.25, 0.3) is 5.91 Å². The van der Waals surface area contributed by atoms with Crippen LogP contribution in [0.15, 0.2) is 47.4 Å². The van der Waals surface area contributed by atoms with E-state index in [0.717, 1.165) is 35.9 Å². The normalized spacial score (nSPS) is 14.6. The number of benzene rings is 2. The van der Waals surface area contributed by atoms with Gasteiger partial charge in [-0.25, -0.2) is 12.7 Å². The molecule has 1 fully saturated rings. The lowest BCUT2D eigenvalue weighted by Gasteiger charge is -2.22. The van der Waals surface area contributed by atoms with Crippen molar-refractivity contribution in [3.05, 3.63) is 53.1 Å². The molecule has 1 N–H and O–H groups in total. The van der Waals surface area contributed by atoms with Crippen molar-refractivity contribution in [2.24, 2.45) is 0 Å². The standard InChI is InChI=1S/C19H22ClN3O3S/c1-22(2)27(25,26)14-9-10-18(23-11-5-6-12-23)15(13-14)19(24)21-17-8-4-3-7-16(17)20/h3-4,7-10,13H,5-6,11-12H2,1-2H3,(H,21,24). The Balaban J connectivity index is 2.04. The number of halogens is 1. The van der Waals surface area contributed by atoms with Gasteiger partial charge in [-0.1, -0.05) is 23.7 Å². The molecular formula is C19H22ClN3O3S. The molecule has 1 aliphatic heterocycles. The Labute approximate surface area is 164 Å². The first-order valence-electron chi connectivity index (χ1n) is 8.68. The van der Waals surface area contributed by atoms with Gasteiger partial charge < -0.3 is 10.2 Å². The molecule has 8 heteroatoms. The minimum Gasteiger partial charge on any atom is -0.371 e. The number of carbonyl (C=O) groups excluding carboxylic acids is 1. The average Bonchev–Trinajstić information content (AvgIpc) is 3.17. The number of carbonyl (C=O) groups is 1. The predicted octanol–water partition coefficient (Wildman–Crippen LogP) is 3.44. The van der Waals surface area contributed by atoms with Gasteiger partial charge in [-0.3, -0.25) is 4.79 Å². The van der Waals surface area contributed by atoms with E-state index in [0.29, 0.717) is 16.3 Å². The van der Waals surface area contributed by atoms with Crippen LogP contribution < -0.4 is 10.2 Å². The Hall–Kier alpha value is -2.09. The van der Waals surface area contributed by atoms with Crippen molar-refractivity contribution in [2.45, 2.75) is 17.7 Å². The topological polar surface area (TPSA) is 69.7 Å². The van der Waals surface area contributed by atoms with Crippen LogP contribution in [0.5, 0.6) is 0 Å². The summed E-state index contributed by atoms with van der Waals surface area (Å²) in [6, 6.07) is 11.6.